The van der Waals surface area contributed by atoms with Crippen molar-refractivity contribution in [2.75, 3.05) is 0 Å². The maximum absolute atomic E-state index is 2.33. The Morgan fingerprint density at radius 2 is 1.08 bits per heavy atom. The molecule has 10 heteroatoms. The normalized spacial score (nSPS) is 28.7. The quantitative estimate of drug-likeness (QED) is 0.307. The summed E-state index contributed by atoms with van der Waals surface area (Å²) < 4.78 is 0. The minimum absolute atomic E-state index is 0.678. The van der Waals surface area contributed by atoms with E-state index in [4.69, 9.17) is 0 Å². The van der Waals surface area contributed by atoms with Crippen LogP contribution in [-0.4, -0.2) is 69.6 Å². The summed E-state index contributed by atoms with van der Waals surface area (Å²) in [5, 5.41) is 0. The SMILES string of the molecule is [B]1[B][B]B=B[C@H]2[B][C@@H]2B=B[B][B]1. The third-order valence-corrected chi connectivity index (χ3v) is 2.08. The standard InChI is InChI=1S/C2H2B10/c3-1-2(3)5-7-9-11-12-10-8-6-4-1/h1-2H/t1-,2-/m1/s1. The summed E-state index contributed by atoms with van der Waals surface area (Å²) in [4.78, 5) is 0. The second-order valence-electron chi connectivity index (χ2n) is 3.08. The molecule has 1 saturated heterocycles. The minimum atomic E-state index is 0.678. The van der Waals surface area contributed by atoms with E-state index >= 15 is 0 Å². The van der Waals surface area contributed by atoms with Gasteiger partial charge in [-0.3, -0.25) is 0 Å². The molecule has 0 amide bonds. The molecular weight excluding hydrogens is 132 g/mol. The van der Waals surface area contributed by atoms with Crippen molar-refractivity contribution in [2.45, 2.75) is 11.4 Å². The Labute approximate surface area is 81.4 Å². The molecule has 0 unspecified atom stereocenters. The summed E-state index contributed by atoms with van der Waals surface area (Å²) in [5.41, 5.74) is 1.36. The van der Waals surface area contributed by atoms with E-state index in [1.807, 2.05) is 21.2 Å². The van der Waals surface area contributed by atoms with Gasteiger partial charge in [0.25, 0.3) is 0 Å². The molecule has 12 heavy (non-hydrogen) atoms. The monoisotopic (exact) mass is 136 g/mol. The van der Waals surface area contributed by atoms with E-state index in [2.05, 4.69) is 48.4 Å². The van der Waals surface area contributed by atoms with Crippen LogP contribution in [0.4, 0.5) is 0 Å². The summed E-state index contributed by atoms with van der Waals surface area (Å²) >= 11 is 0. The third-order valence-electron chi connectivity index (χ3n) is 2.08. The van der Waals surface area contributed by atoms with E-state index in [1.54, 1.807) is 0 Å². The van der Waals surface area contributed by atoms with Gasteiger partial charge in [0, 0.05) is 0 Å². The maximum atomic E-state index is 2.33. The van der Waals surface area contributed by atoms with Crippen LogP contribution in [0.15, 0.2) is 0 Å². The van der Waals surface area contributed by atoms with Crippen LogP contribution in [0.5, 0.6) is 0 Å². The molecule has 0 nitrogen and oxygen atoms in total. The molecule has 2 aliphatic heterocycles. The number of hydrogen-bond acceptors (Lipinski definition) is 0. The van der Waals surface area contributed by atoms with Crippen molar-refractivity contribution in [3.05, 3.63) is 0 Å². The molecule has 0 aromatic heterocycles. The van der Waals surface area contributed by atoms with Gasteiger partial charge < -0.3 is 0 Å². The molecule has 2 atom stereocenters. The molecule has 40 valence electrons. The van der Waals surface area contributed by atoms with E-state index in [9.17, 15) is 0 Å². The van der Waals surface area contributed by atoms with E-state index in [0.29, 0.717) is 11.4 Å². The van der Waals surface area contributed by atoms with E-state index < -0.39 is 0 Å². The second-order valence-corrected chi connectivity index (χ2v) is 3.08. The molecule has 0 aromatic rings. The van der Waals surface area contributed by atoms with Gasteiger partial charge in [-0.05, 0) is 0 Å². The summed E-state index contributed by atoms with van der Waals surface area (Å²) in [5.74, 6) is 0. The van der Waals surface area contributed by atoms with Crippen LogP contribution >= 0.6 is 0 Å². The Morgan fingerprint density at radius 1 is 0.583 bits per heavy atom. The van der Waals surface area contributed by atoms with E-state index in [-0.39, 0.29) is 0 Å². The molecule has 2 rings (SSSR count). The number of hydrogen-bond donors (Lipinski definition) is 0. The summed E-state index contributed by atoms with van der Waals surface area (Å²) in [6, 6.07) is 0. The van der Waals surface area contributed by atoms with Crippen LogP contribution in [-0.2, 0) is 0 Å². The fourth-order valence-corrected chi connectivity index (χ4v) is 1.28. The molecule has 0 bridgehead atoms. The van der Waals surface area contributed by atoms with Gasteiger partial charge in [-0.15, -0.1) is 0 Å². The first kappa shape index (κ1) is 9.21. The van der Waals surface area contributed by atoms with E-state index in [1.165, 1.54) is 0 Å². The van der Waals surface area contributed by atoms with Crippen molar-refractivity contribution in [3.63, 3.8) is 0 Å². The Bertz CT molecular complexity index is 176. The van der Waals surface area contributed by atoms with Crippen molar-refractivity contribution in [2.24, 2.45) is 0 Å². The third kappa shape index (κ3) is 2.85. The average Bonchev–Trinajstić information content (AvgIpc) is 2.78. The fourth-order valence-electron chi connectivity index (χ4n) is 1.28. The van der Waals surface area contributed by atoms with Crippen LogP contribution in [0.3, 0.4) is 0 Å². The Balaban J connectivity index is 1.87. The van der Waals surface area contributed by atoms with Crippen molar-refractivity contribution in [3.8, 4) is 0 Å². The van der Waals surface area contributed by atoms with Crippen LogP contribution < -0.4 is 0 Å². The average molecular weight is 134 g/mol. The number of rotatable bonds is 0. The molecular formula is C2H2B10. The molecule has 2 aliphatic rings. The summed E-state index contributed by atoms with van der Waals surface area (Å²) in [6.45, 7) is 8.71. The van der Waals surface area contributed by atoms with Crippen molar-refractivity contribution >= 4 is 69.6 Å². The molecule has 2 heterocycles. The first-order chi connectivity index (χ1) is 5.97. The van der Waals surface area contributed by atoms with Gasteiger partial charge in [0.05, 0.1) is 0 Å². The van der Waals surface area contributed by atoms with Gasteiger partial charge in [-0.25, -0.2) is 0 Å². The van der Waals surface area contributed by atoms with Crippen LogP contribution in [0.2, 0.25) is 11.4 Å². The fraction of sp³-hybridized carbons (Fsp3) is 1.00. The predicted molar refractivity (Wildman–Crippen MR) is 65.0 cm³/mol. The van der Waals surface area contributed by atoms with Crippen LogP contribution in [0, 0.1) is 0 Å². The summed E-state index contributed by atoms with van der Waals surface area (Å²) in [7, 11) is 12.6. The number of fused-ring (bicyclic) bond motifs is 1. The zero-order valence-corrected chi connectivity index (χ0v) is 6.93. The molecule has 0 N–H and O–H groups in total. The topological polar surface area (TPSA) is 0 Å². The molecule has 0 aromatic carbocycles. The van der Waals surface area contributed by atoms with Gasteiger partial charge in [0.2, 0.25) is 0 Å². The molecule has 1 fully saturated rings. The first-order valence-electron chi connectivity index (χ1n) is 4.33. The zero-order chi connectivity index (χ0) is 8.23. The van der Waals surface area contributed by atoms with Gasteiger partial charge in [0.15, 0.2) is 0 Å². The van der Waals surface area contributed by atoms with Crippen molar-refractivity contribution in [1.82, 2.24) is 0 Å². The zero-order valence-electron chi connectivity index (χ0n) is 6.93. The molecule has 0 aliphatic carbocycles. The van der Waals surface area contributed by atoms with Crippen molar-refractivity contribution < 1.29 is 0 Å². The van der Waals surface area contributed by atoms with Crippen molar-refractivity contribution in [1.29, 1.82) is 0 Å². The van der Waals surface area contributed by atoms with E-state index in [0.717, 1.165) is 0 Å². The molecule has 0 spiro atoms. The first-order valence-corrected chi connectivity index (χ1v) is 4.33. The van der Waals surface area contributed by atoms with Gasteiger partial charge >= 0.3 is 81.0 Å². The Kier molecular flexibility index (Phi) is 3.66. The van der Waals surface area contributed by atoms with Gasteiger partial charge in [0.1, 0.15) is 0 Å². The van der Waals surface area contributed by atoms with Gasteiger partial charge in [-0.1, -0.05) is 0 Å². The Hall–Kier alpha value is 0.649. The Morgan fingerprint density at radius 3 is 1.67 bits per heavy atom. The van der Waals surface area contributed by atoms with Crippen LogP contribution in [0.25, 0.3) is 0 Å². The second kappa shape index (κ2) is 4.77. The van der Waals surface area contributed by atoms with Crippen LogP contribution in [0.1, 0.15) is 0 Å². The van der Waals surface area contributed by atoms with Gasteiger partial charge in [-0.2, -0.15) is 0 Å². The molecule has 6 radical (unpaired) electrons. The summed E-state index contributed by atoms with van der Waals surface area (Å²) in [6.07, 6.45) is 0. The molecule has 0 saturated carbocycles. The predicted octanol–water partition coefficient (Wildman–Crippen LogP) is -3.13.